The fourth-order valence-electron chi connectivity index (χ4n) is 1.34. The zero-order valence-electron chi connectivity index (χ0n) is 9.01. The molecule has 0 aliphatic heterocycles. The van der Waals surface area contributed by atoms with Gasteiger partial charge in [0.05, 0.1) is 0 Å². The zero-order valence-corrected chi connectivity index (χ0v) is 9.01. The molecule has 3 heteroatoms. The third kappa shape index (κ3) is 4.35. The highest BCUT2D eigenvalue weighted by atomic mass is 14.9. The van der Waals surface area contributed by atoms with E-state index in [1.807, 2.05) is 20.2 Å². The Balaban J connectivity index is 2.18. The SMILES string of the molecule is CNCCCNCc1ccnc(C)c1. The molecule has 14 heavy (non-hydrogen) atoms. The van der Waals surface area contributed by atoms with Crippen LogP contribution >= 0.6 is 0 Å². The van der Waals surface area contributed by atoms with Gasteiger partial charge >= 0.3 is 0 Å². The van der Waals surface area contributed by atoms with Crippen LogP contribution in [0.4, 0.5) is 0 Å². The van der Waals surface area contributed by atoms with Crippen LogP contribution in [0.25, 0.3) is 0 Å². The van der Waals surface area contributed by atoms with Crippen LogP contribution in [0.2, 0.25) is 0 Å². The lowest BCUT2D eigenvalue weighted by Crippen LogP contribution is -2.19. The van der Waals surface area contributed by atoms with Crippen molar-refractivity contribution < 1.29 is 0 Å². The van der Waals surface area contributed by atoms with E-state index in [0.29, 0.717) is 0 Å². The molecule has 78 valence electrons. The van der Waals surface area contributed by atoms with E-state index in [1.165, 1.54) is 12.0 Å². The molecule has 0 aliphatic rings. The largest absolute Gasteiger partial charge is 0.320 e. The fourth-order valence-corrected chi connectivity index (χ4v) is 1.34. The van der Waals surface area contributed by atoms with Crippen LogP contribution in [0.15, 0.2) is 18.3 Å². The van der Waals surface area contributed by atoms with Gasteiger partial charge in [-0.1, -0.05) is 0 Å². The van der Waals surface area contributed by atoms with Gasteiger partial charge in [-0.3, -0.25) is 4.98 Å². The molecule has 0 aromatic carbocycles. The van der Waals surface area contributed by atoms with Gasteiger partial charge in [0, 0.05) is 18.4 Å². The first-order chi connectivity index (χ1) is 6.83. The Kier molecular flexibility index (Phi) is 5.19. The Morgan fingerprint density at radius 3 is 2.93 bits per heavy atom. The first-order valence-electron chi connectivity index (χ1n) is 5.10. The number of hydrogen-bond donors (Lipinski definition) is 2. The lowest BCUT2D eigenvalue weighted by molar-refractivity contribution is 0.625. The van der Waals surface area contributed by atoms with Crippen molar-refractivity contribution >= 4 is 0 Å². The third-order valence-electron chi connectivity index (χ3n) is 2.07. The van der Waals surface area contributed by atoms with Crippen LogP contribution < -0.4 is 10.6 Å². The molecule has 0 saturated heterocycles. The average Bonchev–Trinajstić information content (AvgIpc) is 2.18. The summed E-state index contributed by atoms with van der Waals surface area (Å²) >= 11 is 0. The van der Waals surface area contributed by atoms with E-state index in [1.54, 1.807) is 0 Å². The van der Waals surface area contributed by atoms with Crippen LogP contribution in [-0.4, -0.2) is 25.1 Å². The van der Waals surface area contributed by atoms with Gasteiger partial charge in [-0.25, -0.2) is 0 Å². The third-order valence-corrected chi connectivity index (χ3v) is 2.07. The van der Waals surface area contributed by atoms with Crippen molar-refractivity contribution in [2.45, 2.75) is 19.9 Å². The summed E-state index contributed by atoms with van der Waals surface area (Å²) in [7, 11) is 1.98. The van der Waals surface area contributed by atoms with E-state index in [4.69, 9.17) is 0 Å². The number of nitrogens with one attached hydrogen (secondary N) is 2. The Morgan fingerprint density at radius 1 is 1.36 bits per heavy atom. The molecule has 2 N–H and O–H groups in total. The highest BCUT2D eigenvalue weighted by Gasteiger charge is 1.92. The summed E-state index contributed by atoms with van der Waals surface area (Å²) in [5, 5.41) is 6.52. The number of pyridine rings is 1. The van der Waals surface area contributed by atoms with Crippen LogP contribution in [0.3, 0.4) is 0 Å². The van der Waals surface area contributed by atoms with E-state index in [-0.39, 0.29) is 0 Å². The van der Waals surface area contributed by atoms with Crippen LogP contribution in [-0.2, 0) is 6.54 Å². The van der Waals surface area contributed by atoms with E-state index < -0.39 is 0 Å². The maximum atomic E-state index is 4.16. The van der Waals surface area contributed by atoms with E-state index >= 15 is 0 Å². The Morgan fingerprint density at radius 2 is 2.21 bits per heavy atom. The first kappa shape index (κ1) is 11.1. The standard InChI is InChI=1S/C11H19N3/c1-10-8-11(4-7-14-10)9-13-6-3-5-12-2/h4,7-8,12-13H,3,5-6,9H2,1-2H3. The van der Waals surface area contributed by atoms with Crippen molar-refractivity contribution in [1.82, 2.24) is 15.6 Å². The maximum Gasteiger partial charge on any atom is 0.0375 e. The summed E-state index contributed by atoms with van der Waals surface area (Å²) in [4.78, 5) is 4.16. The van der Waals surface area contributed by atoms with Crippen LogP contribution in [0.1, 0.15) is 17.7 Å². The lowest BCUT2D eigenvalue weighted by atomic mass is 10.2. The van der Waals surface area contributed by atoms with Crippen molar-refractivity contribution in [2.24, 2.45) is 0 Å². The minimum Gasteiger partial charge on any atom is -0.320 e. The Labute approximate surface area is 85.9 Å². The molecule has 0 aliphatic carbocycles. The van der Waals surface area contributed by atoms with Gasteiger partial charge in [0.1, 0.15) is 0 Å². The molecule has 0 fully saturated rings. The topological polar surface area (TPSA) is 37.0 Å². The number of aryl methyl sites for hydroxylation is 1. The average molecular weight is 193 g/mol. The number of rotatable bonds is 6. The quantitative estimate of drug-likeness (QED) is 0.664. The molecule has 1 rings (SSSR count). The number of nitrogens with zero attached hydrogens (tertiary/aromatic N) is 1. The molecule has 0 unspecified atom stereocenters. The summed E-state index contributed by atoms with van der Waals surface area (Å²) in [5.74, 6) is 0. The summed E-state index contributed by atoms with van der Waals surface area (Å²) in [6.07, 6.45) is 3.03. The molecule has 0 spiro atoms. The van der Waals surface area contributed by atoms with Crippen molar-refractivity contribution in [3.8, 4) is 0 Å². The van der Waals surface area contributed by atoms with Gasteiger partial charge in [-0.15, -0.1) is 0 Å². The Hall–Kier alpha value is -0.930. The predicted molar refractivity (Wildman–Crippen MR) is 59.2 cm³/mol. The second kappa shape index (κ2) is 6.51. The monoisotopic (exact) mass is 193 g/mol. The molecule has 0 saturated carbocycles. The highest BCUT2D eigenvalue weighted by Crippen LogP contribution is 1.99. The minimum atomic E-state index is 0.938. The molecular weight excluding hydrogens is 174 g/mol. The van der Waals surface area contributed by atoms with Crippen molar-refractivity contribution in [3.05, 3.63) is 29.6 Å². The zero-order chi connectivity index (χ0) is 10.2. The first-order valence-corrected chi connectivity index (χ1v) is 5.10. The predicted octanol–water partition coefficient (Wildman–Crippen LogP) is 1.09. The molecular formula is C11H19N3. The molecule has 0 amide bonds. The Bertz CT molecular complexity index is 260. The molecule has 0 bridgehead atoms. The van der Waals surface area contributed by atoms with Crippen molar-refractivity contribution in [3.63, 3.8) is 0 Å². The highest BCUT2D eigenvalue weighted by molar-refractivity contribution is 5.14. The molecule has 1 aromatic heterocycles. The summed E-state index contributed by atoms with van der Waals surface area (Å²) in [6, 6.07) is 4.17. The molecule has 3 nitrogen and oxygen atoms in total. The fraction of sp³-hybridized carbons (Fsp3) is 0.545. The smallest absolute Gasteiger partial charge is 0.0375 e. The second-order valence-corrected chi connectivity index (χ2v) is 3.44. The number of hydrogen-bond acceptors (Lipinski definition) is 3. The summed E-state index contributed by atoms with van der Waals surface area (Å²) in [5.41, 5.74) is 2.39. The van der Waals surface area contributed by atoms with E-state index in [2.05, 4.69) is 27.8 Å². The lowest BCUT2D eigenvalue weighted by Gasteiger charge is -2.04. The molecule has 1 heterocycles. The summed E-state index contributed by atoms with van der Waals surface area (Å²) < 4.78 is 0. The van der Waals surface area contributed by atoms with Gasteiger partial charge in [-0.05, 0) is 51.2 Å². The second-order valence-electron chi connectivity index (χ2n) is 3.44. The van der Waals surface area contributed by atoms with Crippen LogP contribution in [0, 0.1) is 6.92 Å². The van der Waals surface area contributed by atoms with Crippen molar-refractivity contribution in [2.75, 3.05) is 20.1 Å². The maximum absolute atomic E-state index is 4.16. The van der Waals surface area contributed by atoms with Crippen LogP contribution in [0.5, 0.6) is 0 Å². The normalized spacial score (nSPS) is 10.4. The minimum absolute atomic E-state index is 0.938. The van der Waals surface area contributed by atoms with Gasteiger partial charge < -0.3 is 10.6 Å². The van der Waals surface area contributed by atoms with E-state index in [9.17, 15) is 0 Å². The van der Waals surface area contributed by atoms with Crippen molar-refractivity contribution in [1.29, 1.82) is 0 Å². The van der Waals surface area contributed by atoms with Gasteiger partial charge in [0.25, 0.3) is 0 Å². The molecule has 0 atom stereocenters. The van der Waals surface area contributed by atoms with E-state index in [0.717, 1.165) is 25.3 Å². The van der Waals surface area contributed by atoms with Gasteiger partial charge in [0.2, 0.25) is 0 Å². The molecule has 0 radical (unpaired) electrons. The van der Waals surface area contributed by atoms with Gasteiger partial charge in [0.15, 0.2) is 0 Å². The van der Waals surface area contributed by atoms with Gasteiger partial charge in [-0.2, -0.15) is 0 Å². The number of aromatic nitrogens is 1. The summed E-state index contributed by atoms with van der Waals surface area (Å²) in [6.45, 7) is 5.09. The molecule has 1 aromatic rings.